The Morgan fingerprint density at radius 1 is 1.17 bits per heavy atom. The summed E-state index contributed by atoms with van der Waals surface area (Å²) in [5.41, 5.74) is 2.55. The molecule has 0 aromatic heterocycles. The Bertz CT molecular complexity index is 739. The number of rotatable bonds is 3. The molecule has 1 aliphatic carbocycles. The van der Waals surface area contributed by atoms with E-state index in [1.165, 1.54) is 17.7 Å². The van der Waals surface area contributed by atoms with Crippen LogP contribution in [0.4, 0.5) is 0 Å². The van der Waals surface area contributed by atoms with Crippen molar-refractivity contribution in [3.8, 4) is 11.5 Å². The number of methoxy groups -OCH3 is 2. The number of thioether (sulfide) groups is 1. The molecule has 0 radical (unpaired) electrons. The first-order valence-corrected chi connectivity index (χ1v) is 9.36. The number of nitrogens with zero attached hydrogens (tertiary/aromatic N) is 1. The average Bonchev–Trinajstić information content (AvgIpc) is 2.95. The first-order chi connectivity index (χ1) is 11.7. The summed E-state index contributed by atoms with van der Waals surface area (Å²) in [4.78, 5) is 4.96. The van der Waals surface area contributed by atoms with Crippen molar-refractivity contribution in [1.29, 1.82) is 0 Å². The van der Waals surface area contributed by atoms with Crippen LogP contribution in [0.1, 0.15) is 24.8 Å². The largest absolute Gasteiger partial charge is 0.493 e. The number of aliphatic imine (C=N–C) groups is 1. The Morgan fingerprint density at radius 3 is 2.79 bits per heavy atom. The monoisotopic (exact) mass is 341 g/mol. The van der Waals surface area contributed by atoms with E-state index in [2.05, 4.69) is 55.1 Å². The number of ether oxygens (including phenoxy) is 2. The Kier molecular flexibility index (Phi) is 3.95. The molecule has 126 valence electrons. The zero-order valence-corrected chi connectivity index (χ0v) is 15.2. The lowest BCUT2D eigenvalue weighted by Crippen LogP contribution is -2.44. The molecule has 4 heteroatoms. The third kappa shape index (κ3) is 2.31. The van der Waals surface area contributed by atoms with Gasteiger partial charge in [0.15, 0.2) is 11.5 Å². The zero-order chi connectivity index (χ0) is 16.7. The van der Waals surface area contributed by atoms with Gasteiger partial charge in [-0.2, -0.15) is 0 Å². The van der Waals surface area contributed by atoms with Crippen molar-refractivity contribution in [2.75, 3.05) is 20.8 Å². The molecule has 4 unspecified atom stereocenters. The van der Waals surface area contributed by atoms with Crippen LogP contribution >= 0.6 is 11.8 Å². The topological polar surface area (TPSA) is 30.8 Å². The highest BCUT2D eigenvalue weighted by Crippen LogP contribution is 2.57. The Morgan fingerprint density at radius 2 is 2.00 bits per heavy atom. The summed E-state index contributed by atoms with van der Waals surface area (Å²) in [5, 5.41) is 0.650. The summed E-state index contributed by atoms with van der Waals surface area (Å²) < 4.78 is 10.9. The molecule has 4 atom stereocenters. The van der Waals surface area contributed by atoms with Gasteiger partial charge in [-0.1, -0.05) is 31.2 Å². The standard InChI is InChI=1S/C20H23NO2S/c1-13-10-16-15(14-7-8-17(22-2)18(11-14)23-3)12-21-19-6-4-5-9-20(16,19)24-13/h4-9,11,13,15-16H,10,12H2,1-3H3. The van der Waals surface area contributed by atoms with Gasteiger partial charge < -0.3 is 9.47 Å². The van der Waals surface area contributed by atoms with Crippen molar-refractivity contribution in [3.63, 3.8) is 0 Å². The van der Waals surface area contributed by atoms with E-state index in [1.807, 2.05) is 6.07 Å². The highest BCUT2D eigenvalue weighted by atomic mass is 32.2. The van der Waals surface area contributed by atoms with Crippen molar-refractivity contribution < 1.29 is 9.47 Å². The Balaban J connectivity index is 1.76. The molecule has 1 aromatic rings. The number of hydrogen-bond donors (Lipinski definition) is 0. The summed E-state index contributed by atoms with van der Waals surface area (Å²) >= 11 is 2.07. The molecule has 2 heterocycles. The first kappa shape index (κ1) is 15.8. The second kappa shape index (κ2) is 5.99. The molecule has 3 aliphatic rings. The molecule has 1 aromatic carbocycles. The van der Waals surface area contributed by atoms with Gasteiger partial charge in [0.25, 0.3) is 0 Å². The van der Waals surface area contributed by atoms with E-state index in [-0.39, 0.29) is 4.75 Å². The van der Waals surface area contributed by atoms with Crippen LogP contribution in [0.15, 0.2) is 47.5 Å². The lowest BCUT2D eigenvalue weighted by atomic mass is 9.70. The quantitative estimate of drug-likeness (QED) is 0.823. The van der Waals surface area contributed by atoms with Gasteiger partial charge in [0.2, 0.25) is 0 Å². The first-order valence-electron chi connectivity index (χ1n) is 8.48. The van der Waals surface area contributed by atoms with Crippen LogP contribution in [-0.2, 0) is 0 Å². The molecular formula is C20H23NO2S. The fourth-order valence-electron chi connectivity index (χ4n) is 4.36. The summed E-state index contributed by atoms with van der Waals surface area (Å²) in [6, 6.07) is 6.33. The summed E-state index contributed by atoms with van der Waals surface area (Å²) in [7, 11) is 3.38. The van der Waals surface area contributed by atoms with E-state index < -0.39 is 0 Å². The van der Waals surface area contributed by atoms with E-state index in [4.69, 9.17) is 14.5 Å². The van der Waals surface area contributed by atoms with Crippen molar-refractivity contribution in [1.82, 2.24) is 0 Å². The predicted octanol–water partition coefficient (Wildman–Crippen LogP) is 4.25. The number of benzene rings is 1. The highest BCUT2D eigenvalue weighted by Gasteiger charge is 2.53. The maximum atomic E-state index is 5.51. The van der Waals surface area contributed by atoms with Crippen LogP contribution in [0.5, 0.6) is 11.5 Å². The van der Waals surface area contributed by atoms with E-state index in [1.54, 1.807) is 14.2 Å². The van der Waals surface area contributed by atoms with Crippen LogP contribution in [-0.4, -0.2) is 36.5 Å². The molecule has 0 amide bonds. The minimum Gasteiger partial charge on any atom is -0.493 e. The molecule has 24 heavy (non-hydrogen) atoms. The molecule has 3 nitrogen and oxygen atoms in total. The maximum Gasteiger partial charge on any atom is 0.160 e. The van der Waals surface area contributed by atoms with Crippen LogP contribution < -0.4 is 9.47 Å². The van der Waals surface area contributed by atoms with Crippen molar-refractivity contribution in [2.45, 2.75) is 29.3 Å². The lowest BCUT2D eigenvalue weighted by Gasteiger charge is -2.41. The lowest BCUT2D eigenvalue weighted by molar-refractivity contribution is 0.351. The van der Waals surface area contributed by atoms with E-state index >= 15 is 0 Å². The molecule has 1 saturated heterocycles. The van der Waals surface area contributed by atoms with Crippen molar-refractivity contribution >= 4 is 17.5 Å². The minimum absolute atomic E-state index is 0.0459. The van der Waals surface area contributed by atoms with Gasteiger partial charge in [-0.3, -0.25) is 4.99 Å². The SMILES string of the molecule is COc1ccc(C2CN=C3C=CC=CC34SC(C)CC24)cc1OC. The molecule has 1 spiro atoms. The van der Waals surface area contributed by atoms with Crippen LogP contribution in [0.25, 0.3) is 0 Å². The third-order valence-corrected chi connectivity index (χ3v) is 7.05. The van der Waals surface area contributed by atoms with Gasteiger partial charge in [0.1, 0.15) is 0 Å². The van der Waals surface area contributed by atoms with Gasteiger partial charge in [-0.15, -0.1) is 11.8 Å². The zero-order valence-electron chi connectivity index (χ0n) is 14.4. The van der Waals surface area contributed by atoms with Crippen LogP contribution in [0, 0.1) is 5.92 Å². The van der Waals surface area contributed by atoms with Gasteiger partial charge in [-0.05, 0) is 36.1 Å². The molecule has 4 rings (SSSR count). The Labute approximate surface area is 147 Å². The van der Waals surface area contributed by atoms with Gasteiger partial charge >= 0.3 is 0 Å². The summed E-state index contributed by atoms with van der Waals surface area (Å²) in [6.45, 7) is 3.19. The number of allylic oxidation sites excluding steroid dienone is 3. The summed E-state index contributed by atoms with van der Waals surface area (Å²) in [5.74, 6) is 2.58. The second-order valence-corrected chi connectivity index (χ2v) is 8.44. The normalized spacial score (nSPS) is 33.6. The second-order valence-electron chi connectivity index (χ2n) is 6.73. The maximum absolute atomic E-state index is 5.51. The average molecular weight is 341 g/mol. The molecule has 0 bridgehead atoms. The van der Waals surface area contributed by atoms with Crippen LogP contribution in [0.3, 0.4) is 0 Å². The number of hydrogen-bond acceptors (Lipinski definition) is 4. The molecule has 1 fully saturated rings. The predicted molar refractivity (Wildman–Crippen MR) is 101 cm³/mol. The molecular weight excluding hydrogens is 318 g/mol. The fourth-order valence-corrected chi connectivity index (χ4v) is 6.17. The minimum atomic E-state index is 0.0459. The van der Waals surface area contributed by atoms with Crippen molar-refractivity contribution in [2.24, 2.45) is 10.9 Å². The smallest absolute Gasteiger partial charge is 0.160 e. The molecule has 0 saturated carbocycles. The fraction of sp³-hybridized carbons (Fsp3) is 0.450. The van der Waals surface area contributed by atoms with Gasteiger partial charge in [-0.25, -0.2) is 0 Å². The molecule has 0 N–H and O–H groups in total. The van der Waals surface area contributed by atoms with Gasteiger partial charge in [0.05, 0.1) is 24.7 Å². The summed E-state index contributed by atoms with van der Waals surface area (Å²) in [6.07, 6.45) is 10.1. The molecule has 2 aliphatic heterocycles. The van der Waals surface area contributed by atoms with E-state index in [0.717, 1.165) is 18.0 Å². The highest BCUT2D eigenvalue weighted by molar-refractivity contribution is 8.02. The van der Waals surface area contributed by atoms with E-state index in [9.17, 15) is 0 Å². The van der Waals surface area contributed by atoms with E-state index in [0.29, 0.717) is 17.1 Å². The van der Waals surface area contributed by atoms with Gasteiger partial charge in [0, 0.05) is 17.7 Å². The third-order valence-electron chi connectivity index (χ3n) is 5.42. The van der Waals surface area contributed by atoms with Crippen molar-refractivity contribution in [3.05, 3.63) is 48.1 Å². The Hall–Kier alpha value is -1.68. The van der Waals surface area contributed by atoms with Crippen LogP contribution in [0.2, 0.25) is 0 Å².